The average Bonchev–Trinajstić information content (AvgIpc) is 2.30. The second kappa shape index (κ2) is 7.01. The molecule has 0 heterocycles. The Balaban J connectivity index is 2.34. The third-order valence-electron chi connectivity index (χ3n) is 2.31. The molecule has 16 heavy (non-hydrogen) atoms. The SMILES string of the molecule is CCCCOC(=O)C[C@H](O)c1ccccc1. The zero-order chi connectivity index (χ0) is 11.8. The van der Waals surface area contributed by atoms with Crippen LogP contribution < -0.4 is 0 Å². The first-order valence-electron chi connectivity index (χ1n) is 5.62. The summed E-state index contributed by atoms with van der Waals surface area (Å²) >= 11 is 0. The summed E-state index contributed by atoms with van der Waals surface area (Å²) in [6.07, 6.45) is 1.12. The minimum absolute atomic E-state index is 0.0216. The number of aliphatic hydroxyl groups is 1. The van der Waals surface area contributed by atoms with E-state index in [4.69, 9.17) is 4.74 Å². The molecule has 0 saturated heterocycles. The molecule has 3 nitrogen and oxygen atoms in total. The lowest BCUT2D eigenvalue weighted by Gasteiger charge is -2.10. The van der Waals surface area contributed by atoms with Gasteiger partial charge in [0.1, 0.15) is 0 Å². The highest BCUT2D eigenvalue weighted by Gasteiger charge is 2.13. The van der Waals surface area contributed by atoms with Crippen LogP contribution in [0, 0.1) is 0 Å². The van der Waals surface area contributed by atoms with Crippen molar-refractivity contribution in [1.29, 1.82) is 0 Å². The van der Waals surface area contributed by atoms with E-state index >= 15 is 0 Å². The Morgan fingerprint density at radius 1 is 1.38 bits per heavy atom. The lowest BCUT2D eigenvalue weighted by Crippen LogP contribution is -2.10. The zero-order valence-corrected chi connectivity index (χ0v) is 9.56. The number of hydrogen-bond donors (Lipinski definition) is 1. The average molecular weight is 222 g/mol. The van der Waals surface area contributed by atoms with E-state index in [2.05, 4.69) is 0 Å². The second-order valence-corrected chi connectivity index (χ2v) is 3.70. The molecule has 1 N–H and O–H groups in total. The van der Waals surface area contributed by atoms with Gasteiger partial charge in [0.25, 0.3) is 0 Å². The van der Waals surface area contributed by atoms with Gasteiger partial charge in [0.15, 0.2) is 0 Å². The van der Waals surface area contributed by atoms with Crippen LogP contribution in [0.15, 0.2) is 30.3 Å². The van der Waals surface area contributed by atoms with Gasteiger partial charge in [-0.3, -0.25) is 4.79 Å². The second-order valence-electron chi connectivity index (χ2n) is 3.70. The molecule has 0 aliphatic rings. The van der Waals surface area contributed by atoms with Crippen LogP contribution in [0.2, 0.25) is 0 Å². The number of rotatable bonds is 6. The Kier molecular flexibility index (Phi) is 5.57. The predicted molar refractivity (Wildman–Crippen MR) is 61.9 cm³/mol. The van der Waals surface area contributed by atoms with Crippen LogP contribution in [0.25, 0.3) is 0 Å². The first kappa shape index (κ1) is 12.7. The molecule has 0 spiro atoms. The molecule has 88 valence electrons. The molecule has 0 radical (unpaired) electrons. The van der Waals surface area contributed by atoms with E-state index in [1.54, 1.807) is 12.1 Å². The van der Waals surface area contributed by atoms with Crippen molar-refractivity contribution in [2.24, 2.45) is 0 Å². The van der Waals surface area contributed by atoms with Gasteiger partial charge in [0, 0.05) is 0 Å². The number of carbonyl (C=O) groups excluding carboxylic acids is 1. The van der Waals surface area contributed by atoms with Crippen molar-refractivity contribution in [3.8, 4) is 0 Å². The summed E-state index contributed by atoms with van der Waals surface area (Å²) < 4.78 is 4.98. The van der Waals surface area contributed by atoms with Gasteiger partial charge in [-0.15, -0.1) is 0 Å². The molecule has 1 aromatic rings. The van der Waals surface area contributed by atoms with Gasteiger partial charge < -0.3 is 9.84 Å². The number of esters is 1. The maximum absolute atomic E-state index is 11.3. The van der Waals surface area contributed by atoms with Crippen LogP contribution in [0.3, 0.4) is 0 Å². The summed E-state index contributed by atoms with van der Waals surface area (Å²) in [5.41, 5.74) is 0.745. The molecule has 0 aliphatic heterocycles. The van der Waals surface area contributed by atoms with E-state index in [9.17, 15) is 9.90 Å². The summed E-state index contributed by atoms with van der Waals surface area (Å²) in [7, 11) is 0. The number of carbonyl (C=O) groups is 1. The van der Waals surface area contributed by atoms with Crippen molar-refractivity contribution >= 4 is 5.97 Å². The molecule has 1 rings (SSSR count). The van der Waals surface area contributed by atoms with E-state index in [1.807, 2.05) is 25.1 Å². The van der Waals surface area contributed by atoms with Crippen molar-refractivity contribution in [3.05, 3.63) is 35.9 Å². The van der Waals surface area contributed by atoms with E-state index < -0.39 is 6.10 Å². The molecule has 0 unspecified atom stereocenters. The number of hydrogen-bond acceptors (Lipinski definition) is 3. The zero-order valence-electron chi connectivity index (χ0n) is 9.56. The smallest absolute Gasteiger partial charge is 0.308 e. The van der Waals surface area contributed by atoms with Gasteiger partial charge in [-0.1, -0.05) is 43.7 Å². The van der Waals surface area contributed by atoms with Gasteiger partial charge in [-0.2, -0.15) is 0 Å². The van der Waals surface area contributed by atoms with Crippen LogP contribution in [0.4, 0.5) is 0 Å². The maximum atomic E-state index is 11.3. The Morgan fingerprint density at radius 3 is 2.69 bits per heavy atom. The van der Waals surface area contributed by atoms with Crippen LogP contribution in [0.5, 0.6) is 0 Å². The van der Waals surface area contributed by atoms with Crippen molar-refractivity contribution in [1.82, 2.24) is 0 Å². The highest BCUT2D eigenvalue weighted by molar-refractivity contribution is 5.70. The topological polar surface area (TPSA) is 46.5 Å². The minimum Gasteiger partial charge on any atom is -0.466 e. The molecule has 3 heteroatoms. The number of aliphatic hydroxyl groups excluding tert-OH is 1. The van der Waals surface area contributed by atoms with Gasteiger partial charge in [-0.05, 0) is 12.0 Å². The number of unbranched alkanes of at least 4 members (excludes halogenated alkanes) is 1. The van der Waals surface area contributed by atoms with Crippen molar-refractivity contribution in [2.45, 2.75) is 32.3 Å². The number of benzene rings is 1. The Bertz CT molecular complexity index is 308. The first-order valence-corrected chi connectivity index (χ1v) is 5.62. The lowest BCUT2D eigenvalue weighted by atomic mass is 10.1. The highest BCUT2D eigenvalue weighted by atomic mass is 16.5. The fourth-order valence-electron chi connectivity index (χ4n) is 1.34. The summed E-state index contributed by atoms with van der Waals surface area (Å²) in [4.78, 5) is 11.3. The summed E-state index contributed by atoms with van der Waals surface area (Å²) in [5, 5.41) is 9.75. The molecule has 0 bridgehead atoms. The van der Waals surface area contributed by atoms with Gasteiger partial charge in [-0.25, -0.2) is 0 Å². The van der Waals surface area contributed by atoms with Crippen LogP contribution in [-0.4, -0.2) is 17.7 Å². The third-order valence-corrected chi connectivity index (χ3v) is 2.31. The van der Waals surface area contributed by atoms with Crippen molar-refractivity contribution < 1.29 is 14.6 Å². The van der Waals surface area contributed by atoms with E-state index in [0.29, 0.717) is 6.61 Å². The van der Waals surface area contributed by atoms with E-state index in [0.717, 1.165) is 18.4 Å². The van der Waals surface area contributed by atoms with Crippen molar-refractivity contribution in [3.63, 3.8) is 0 Å². The van der Waals surface area contributed by atoms with E-state index in [1.165, 1.54) is 0 Å². The molecule has 1 atom stereocenters. The highest BCUT2D eigenvalue weighted by Crippen LogP contribution is 2.16. The maximum Gasteiger partial charge on any atom is 0.308 e. The quantitative estimate of drug-likeness (QED) is 0.594. The van der Waals surface area contributed by atoms with Gasteiger partial charge >= 0.3 is 5.97 Å². The third kappa shape index (κ3) is 4.45. The first-order chi connectivity index (χ1) is 7.74. The van der Waals surface area contributed by atoms with Crippen molar-refractivity contribution in [2.75, 3.05) is 6.61 Å². The molecule has 0 amide bonds. The van der Waals surface area contributed by atoms with E-state index in [-0.39, 0.29) is 12.4 Å². The Labute approximate surface area is 96.1 Å². The summed E-state index contributed by atoms with van der Waals surface area (Å²) in [5.74, 6) is -0.343. The van der Waals surface area contributed by atoms with Gasteiger partial charge in [0.05, 0.1) is 19.1 Å². The summed E-state index contributed by atoms with van der Waals surface area (Å²) in [6, 6.07) is 9.13. The fraction of sp³-hybridized carbons (Fsp3) is 0.462. The van der Waals surface area contributed by atoms with Crippen LogP contribution in [-0.2, 0) is 9.53 Å². The molecular formula is C13H18O3. The lowest BCUT2D eigenvalue weighted by molar-refractivity contribution is -0.146. The summed E-state index contributed by atoms with van der Waals surface area (Å²) in [6.45, 7) is 2.48. The number of ether oxygens (including phenoxy) is 1. The molecule has 1 aromatic carbocycles. The monoisotopic (exact) mass is 222 g/mol. The fourth-order valence-corrected chi connectivity index (χ4v) is 1.34. The standard InChI is InChI=1S/C13H18O3/c1-2-3-9-16-13(15)10-12(14)11-7-5-4-6-8-11/h4-8,12,14H,2-3,9-10H2,1H3/t12-/m0/s1. The minimum atomic E-state index is -0.768. The largest absolute Gasteiger partial charge is 0.466 e. The van der Waals surface area contributed by atoms with Crippen LogP contribution in [0.1, 0.15) is 37.9 Å². The van der Waals surface area contributed by atoms with Crippen LogP contribution >= 0.6 is 0 Å². The Hall–Kier alpha value is -1.35. The molecule has 0 saturated carbocycles. The normalized spacial score (nSPS) is 12.1. The Morgan fingerprint density at radius 2 is 2.06 bits per heavy atom. The molecule has 0 aliphatic carbocycles. The molecule has 0 fully saturated rings. The molecular weight excluding hydrogens is 204 g/mol. The van der Waals surface area contributed by atoms with Gasteiger partial charge in [0.2, 0.25) is 0 Å². The predicted octanol–water partition coefficient (Wildman–Crippen LogP) is 2.45. The molecule has 0 aromatic heterocycles.